The van der Waals surface area contributed by atoms with E-state index in [-0.39, 0.29) is 5.91 Å². The summed E-state index contributed by atoms with van der Waals surface area (Å²) in [5, 5.41) is 0. The number of thioether (sulfide) groups is 1. The van der Waals surface area contributed by atoms with Crippen molar-refractivity contribution in [2.75, 3.05) is 25.2 Å². The van der Waals surface area contributed by atoms with E-state index in [2.05, 4.69) is 6.07 Å². The number of para-hydroxylation sites is 1. The largest absolute Gasteiger partial charge is 0.493 e. The molecule has 5 nitrogen and oxygen atoms in total. The van der Waals surface area contributed by atoms with Crippen LogP contribution >= 0.6 is 24.0 Å². The predicted octanol–water partition coefficient (Wildman–Crippen LogP) is 6.18. The van der Waals surface area contributed by atoms with Crippen LogP contribution in [0.15, 0.2) is 71.6 Å². The molecular weight excluding hydrogens is 466 g/mol. The molecule has 3 aromatic carbocycles. The van der Waals surface area contributed by atoms with Gasteiger partial charge >= 0.3 is 0 Å². The molecule has 0 unspecified atom stereocenters. The average Bonchev–Trinajstić information content (AvgIpc) is 3.09. The molecule has 0 radical (unpaired) electrons. The molecule has 174 valence electrons. The Kier molecular flexibility index (Phi) is 7.55. The zero-order valence-corrected chi connectivity index (χ0v) is 20.9. The van der Waals surface area contributed by atoms with Crippen molar-refractivity contribution in [3.63, 3.8) is 0 Å². The third-order valence-corrected chi connectivity index (χ3v) is 6.40. The Morgan fingerprint density at radius 1 is 0.912 bits per heavy atom. The lowest BCUT2D eigenvalue weighted by molar-refractivity contribution is -0.113. The Balaban J connectivity index is 1.41. The van der Waals surface area contributed by atoms with Crippen LogP contribution in [0, 0.1) is 13.8 Å². The van der Waals surface area contributed by atoms with E-state index in [1.807, 2.05) is 80.6 Å². The number of amides is 1. The molecule has 4 rings (SSSR count). The molecule has 0 spiro atoms. The number of carbonyl (C=O) groups excluding carboxylic acids is 1. The molecule has 0 atom stereocenters. The van der Waals surface area contributed by atoms with E-state index in [1.54, 1.807) is 12.0 Å². The molecule has 1 heterocycles. The molecule has 1 aliphatic heterocycles. The Hall–Kier alpha value is -3.29. The molecule has 34 heavy (non-hydrogen) atoms. The summed E-state index contributed by atoms with van der Waals surface area (Å²) in [6, 6.07) is 21.1. The Bertz CT molecular complexity index is 1220. The first kappa shape index (κ1) is 23.9. The van der Waals surface area contributed by atoms with Gasteiger partial charge in [-0.25, -0.2) is 0 Å². The van der Waals surface area contributed by atoms with Crippen molar-refractivity contribution in [3.8, 4) is 17.2 Å². The lowest BCUT2D eigenvalue weighted by Gasteiger charge is -2.14. The predicted molar refractivity (Wildman–Crippen MR) is 142 cm³/mol. The zero-order valence-electron chi connectivity index (χ0n) is 19.2. The summed E-state index contributed by atoms with van der Waals surface area (Å²) in [6.07, 6.45) is 1.82. The second-order valence-corrected chi connectivity index (χ2v) is 9.46. The van der Waals surface area contributed by atoms with Crippen LogP contribution in [0.25, 0.3) is 6.08 Å². The summed E-state index contributed by atoms with van der Waals surface area (Å²) >= 11 is 6.73. The first-order valence-corrected chi connectivity index (χ1v) is 12.0. The van der Waals surface area contributed by atoms with E-state index in [4.69, 9.17) is 26.4 Å². The van der Waals surface area contributed by atoms with Gasteiger partial charge in [-0.05, 0) is 73.0 Å². The van der Waals surface area contributed by atoms with Gasteiger partial charge in [0, 0.05) is 0 Å². The van der Waals surface area contributed by atoms with E-state index in [1.165, 1.54) is 11.8 Å². The molecule has 0 aromatic heterocycles. The lowest BCUT2D eigenvalue weighted by atomic mass is 10.1. The van der Waals surface area contributed by atoms with E-state index in [0.717, 1.165) is 28.1 Å². The van der Waals surface area contributed by atoms with Gasteiger partial charge in [0.15, 0.2) is 15.8 Å². The maximum atomic E-state index is 13.0. The summed E-state index contributed by atoms with van der Waals surface area (Å²) in [4.78, 5) is 15.1. The van der Waals surface area contributed by atoms with Gasteiger partial charge in [0.05, 0.1) is 17.7 Å². The molecule has 1 aliphatic rings. The van der Waals surface area contributed by atoms with Gasteiger partial charge in [-0.3, -0.25) is 9.69 Å². The van der Waals surface area contributed by atoms with Crippen molar-refractivity contribution in [1.29, 1.82) is 0 Å². The molecule has 3 aromatic rings. The van der Waals surface area contributed by atoms with Gasteiger partial charge in [0.25, 0.3) is 5.91 Å². The maximum Gasteiger partial charge on any atom is 0.270 e. The van der Waals surface area contributed by atoms with Crippen LogP contribution in [0.5, 0.6) is 17.2 Å². The summed E-state index contributed by atoms with van der Waals surface area (Å²) in [6.45, 7) is 4.87. The summed E-state index contributed by atoms with van der Waals surface area (Å²) in [7, 11) is 1.59. The van der Waals surface area contributed by atoms with Crippen molar-refractivity contribution in [3.05, 3.63) is 88.3 Å². The molecule has 1 amide bonds. The van der Waals surface area contributed by atoms with Gasteiger partial charge < -0.3 is 14.2 Å². The SMILES string of the molecule is COc1cc(C=C2SC(=S)N(c3ccccc3)C2=O)ccc1OCCOc1cc(C)cc(C)c1. The second-order valence-electron chi connectivity index (χ2n) is 7.78. The number of hydrogen-bond donors (Lipinski definition) is 0. The fourth-order valence-corrected chi connectivity index (χ4v) is 4.94. The van der Waals surface area contributed by atoms with Crippen LogP contribution in [-0.2, 0) is 4.79 Å². The molecule has 0 N–H and O–H groups in total. The molecule has 1 fully saturated rings. The van der Waals surface area contributed by atoms with Gasteiger partial charge in [-0.15, -0.1) is 0 Å². The minimum absolute atomic E-state index is 0.135. The molecule has 0 bridgehead atoms. The fourth-order valence-electron chi connectivity index (χ4n) is 3.64. The number of benzene rings is 3. The minimum Gasteiger partial charge on any atom is -0.493 e. The third-order valence-electron chi connectivity index (χ3n) is 5.10. The number of anilines is 1. The maximum absolute atomic E-state index is 13.0. The third kappa shape index (κ3) is 5.61. The van der Waals surface area contributed by atoms with Crippen LogP contribution < -0.4 is 19.1 Å². The van der Waals surface area contributed by atoms with Gasteiger partial charge in [0.1, 0.15) is 19.0 Å². The number of nitrogens with zero attached hydrogens (tertiary/aromatic N) is 1. The first-order valence-electron chi connectivity index (χ1n) is 10.8. The van der Waals surface area contributed by atoms with Gasteiger partial charge in [-0.1, -0.05) is 54.3 Å². The number of aryl methyl sites for hydroxylation is 2. The Labute approximate surface area is 209 Å². The quantitative estimate of drug-likeness (QED) is 0.213. The van der Waals surface area contributed by atoms with E-state index >= 15 is 0 Å². The Morgan fingerprint density at radius 2 is 1.62 bits per heavy atom. The normalized spacial score (nSPS) is 14.6. The van der Waals surface area contributed by atoms with Crippen molar-refractivity contribution < 1.29 is 19.0 Å². The van der Waals surface area contributed by atoms with Crippen molar-refractivity contribution in [1.82, 2.24) is 0 Å². The molecule has 7 heteroatoms. The molecule has 1 saturated heterocycles. The summed E-state index contributed by atoms with van der Waals surface area (Å²) < 4.78 is 17.7. The van der Waals surface area contributed by atoms with Gasteiger partial charge in [-0.2, -0.15) is 0 Å². The number of carbonyl (C=O) groups is 1. The summed E-state index contributed by atoms with van der Waals surface area (Å²) in [5.74, 6) is 1.89. The lowest BCUT2D eigenvalue weighted by Crippen LogP contribution is -2.27. The topological polar surface area (TPSA) is 48.0 Å². The van der Waals surface area contributed by atoms with Crippen molar-refractivity contribution >= 4 is 46.0 Å². The fraction of sp³-hybridized carbons (Fsp3) is 0.185. The van der Waals surface area contributed by atoms with Crippen molar-refractivity contribution in [2.45, 2.75) is 13.8 Å². The smallest absolute Gasteiger partial charge is 0.270 e. The highest BCUT2D eigenvalue weighted by atomic mass is 32.2. The highest BCUT2D eigenvalue weighted by Gasteiger charge is 2.33. The number of methoxy groups -OCH3 is 1. The standard InChI is InChI=1S/C27H25NO4S2/c1-18-13-19(2)15-22(14-18)31-11-12-32-23-10-9-20(16-24(23)30-3)17-25-26(29)28(27(33)34-25)21-7-5-4-6-8-21/h4-10,13-17H,11-12H2,1-3H3. The summed E-state index contributed by atoms with van der Waals surface area (Å²) in [5.41, 5.74) is 3.91. The van der Waals surface area contributed by atoms with Crippen molar-refractivity contribution in [2.24, 2.45) is 0 Å². The first-order chi connectivity index (χ1) is 16.4. The molecule has 0 saturated carbocycles. The van der Waals surface area contributed by atoms with Crippen LogP contribution in [0.1, 0.15) is 16.7 Å². The van der Waals surface area contributed by atoms with Crippen LogP contribution in [-0.4, -0.2) is 30.6 Å². The van der Waals surface area contributed by atoms with Crippen LogP contribution in [0.2, 0.25) is 0 Å². The molecule has 0 aliphatic carbocycles. The van der Waals surface area contributed by atoms with E-state index in [0.29, 0.717) is 33.9 Å². The van der Waals surface area contributed by atoms with E-state index < -0.39 is 0 Å². The zero-order chi connectivity index (χ0) is 24.1. The van der Waals surface area contributed by atoms with E-state index in [9.17, 15) is 4.79 Å². The highest BCUT2D eigenvalue weighted by Crippen LogP contribution is 2.37. The minimum atomic E-state index is -0.135. The molecular formula is C27H25NO4S2. The number of ether oxygens (including phenoxy) is 3. The Morgan fingerprint density at radius 3 is 2.32 bits per heavy atom. The second kappa shape index (κ2) is 10.8. The monoisotopic (exact) mass is 491 g/mol. The highest BCUT2D eigenvalue weighted by molar-refractivity contribution is 8.27. The number of hydrogen-bond acceptors (Lipinski definition) is 6. The number of thiocarbonyl (C=S) groups is 1. The van der Waals surface area contributed by atoms with Crippen LogP contribution in [0.3, 0.4) is 0 Å². The van der Waals surface area contributed by atoms with Gasteiger partial charge in [0.2, 0.25) is 0 Å². The number of rotatable bonds is 8. The van der Waals surface area contributed by atoms with Crippen LogP contribution in [0.4, 0.5) is 5.69 Å². The average molecular weight is 492 g/mol.